The lowest BCUT2D eigenvalue weighted by Crippen LogP contribution is -2.36. The van der Waals surface area contributed by atoms with Crippen molar-refractivity contribution < 1.29 is 4.79 Å². The average molecular weight is 393 g/mol. The minimum absolute atomic E-state index is 0.202. The fraction of sp³-hybridized carbons (Fsp3) is 0.476. The minimum Gasteiger partial charge on any atom is -0.382 e. The summed E-state index contributed by atoms with van der Waals surface area (Å²) in [7, 11) is 0. The van der Waals surface area contributed by atoms with Crippen LogP contribution in [0.5, 0.6) is 0 Å². The van der Waals surface area contributed by atoms with Crippen LogP contribution in [0.4, 0.5) is 0 Å². The predicted octanol–water partition coefficient (Wildman–Crippen LogP) is 4.50. The number of aryl methyl sites for hydroxylation is 1. The van der Waals surface area contributed by atoms with Gasteiger partial charge >= 0.3 is 0 Å². The van der Waals surface area contributed by atoms with Crippen LogP contribution >= 0.6 is 23.4 Å². The highest BCUT2D eigenvalue weighted by molar-refractivity contribution is 8.00. The number of carbonyl (C=O) groups is 1. The largest absolute Gasteiger partial charge is 0.382 e. The lowest BCUT2D eigenvalue weighted by Gasteiger charge is -2.33. The number of benzene rings is 1. The van der Waals surface area contributed by atoms with Crippen molar-refractivity contribution in [2.45, 2.75) is 40.2 Å². The highest BCUT2D eigenvalue weighted by atomic mass is 35.5. The third-order valence-corrected chi connectivity index (χ3v) is 5.80. The van der Waals surface area contributed by atoms with Gasteiger partial charge in [0.15, 0.2) is 0 Å². The van der Waals surface area contributed by atoms with E-state index in [0.29, 0.717) is 18.2 Å². The molecule has 2 rings (SSSR count). The zero-order valence-electron chi connectivity index (χ0n) is 16.1. The van der Waals surface area contributed by atoms with Crippen molar-refractivity contribution in [2.75, 3.05) is 18.1 Å². The van der Waals surface area contributed by atoms with Crippen LogP contribution < -0.4 is 11.1 Å². The Bertz CT molecular complexity index is 707. The molecule has 142 valence electrons. The molecule has 3 N–H and O–H groups in total. The van der Waals surface area contributed by atoms with E-state index in [4.69, 9.17) is 17.3 Å². The minimum atomic E-state index is -0.306. The van der Waals surface area contributed by atoms with Crippen molar-refractivity contribution >= 4 is 34.2 Å². The molecule has 0 aromatic heterocycles. The first-order chi connectivity index (χ1) is 12.3. The molecule has 0 bridgehead atoms. The molecule has 0 saturated carbocycles. The maximum absolute atomic E-state index is 11.1. The Morgan fingerprint density at radius 2 is 1.96 bits per heavy atom. The van der Waals surface area contributed by atoms with E-state index in [1.54, 1.807) is 11.8 Å². The van der Waals surface area contributed by atoms with Gasteiger partial charge in [0, 0.05) is 24.0 Å². The first kappa shape index (κ1) is 21.1. The Morgan fingerprint density at radius 3 is 2.50 bits per heavy atom. The fourth-order valence-electron chi connectivity index (χ4n) is 3.33. The van der Waals surface area contributed by atoms with E-state index in [1.165, 1.54) is 33.5 Å². The van der Waals surface area contributed by atoms with E-state index < -0.39 is 0 Å². The molecule has 1 atom stereocenters. The van der Waals surface area contributed by atoms with Gasteiger partial charge in [0.2, 0.25) is 5.24 Å². The van der Waals surface area contributed by atoms with Crippen molar-refractivity contribution in [3.8, 4) is 0 Å². The standard InChI is InChI=1S/C21H29ClN2OS/c1-13(2)9-19-17(10-23)21(16-7-5-14(3)6-8-16)18(15(4)24-19)11-26-12-20(22)25/h5-8,13,15,24H,9-12,23H2,1-4H3. The number of carbonyl (C=O) groups excluding carboxylic acids is 1. The number of dihydropyridines is 1. The summed E-state index contributed by atoms with van der Waals surface area (Å²) in [6.07, 6.45) is 0.979. The van der Waals surface area contributed by atoms with E-state index in [9.17, 15) is 4.79 Å². The first-order valence-corrected chi connectivity index (χ1v) is 10.6. The van der Waals surface area contributed by atoms with Crippen molar-refractivity contribution in [1.82, 2.24) is 5.32 Å². The summed E-state index contributed by atoms with van der Waals surface area (Å²) >= 11 is 7.08. The summed E-state index contributed by atoms with van der Waals surface area (Å²) in [6.45, 7) is 9.21. The average Bonchev–Trinajstić information content (AvgIpc) is 2.56. The molecule has 1 aliphatic rings. The maximum atomic E-state index is 11.1. The lowest BCUT2D eigenvalue weighted by atomic mass is 9.84. The molecule has 5 heteroatoms. The normalized spacial score (nSPS) is 17.7. The van der Waals surface area contributed by atoms with Crippen LogP contribution in [0.25, 0.3) is 5.57 Å². The highest BCUT2D eigenvalue weighted by Crippen LogP contribution is 2.36. The van der Waals surface area contributed by atoms with E-state index in [1.807, 2.05) is 0 Å². The first-order valence-electron chi connectivity index (χ1n) is 9.08. The Labute approximate surface area is 166 Å². The molecule has 1 aromatic carbocycles. The molecular formula is C21H29ClN2OS. The molecular weight excluding hydrogens is 364 g/mol. The summed E-state index contributed by atoms with van der Waals surface area (Å²) in [5, 5.41) is 3.35. The maximum Gasteiger partial charge on any atom is 0.231 e. The Balaban J connectivity index is 2.53. The number of thioether (sulfide) groups is 1. The summed E-state index contributed by atoms with van der Waals surface area (Å²) in [5.74, 6) is 1.63. The van der Waals surface area contributed by atoms with Gasteiger partial charge in [-0.15, -0.1) is 11.8 Å². The number of hydrogen-bond donors (Lipinski definition) is 2. The van der Waals surface area contributed by atoms with Crippen molar-refractivity contribution in [3.63, 3.8) is 0 Å². The Morgan fingerprint density at radius 1 is 1.31 bits per heavy atom. The van der Waals surface area contributed by atoms with Gasteiger partial charge in [-0.2, -0.15) is 0 Å². The van der Waals surface area contributed by atoms with Crippen molar-refractivity contribution in [2.24, 2.45) is 11.7 Å². The molecule has 26 heavy (non-hydrogen) atoms. The van der Waals surface area contributed by atoms with E-state index in [2.05, 4.69) is 57.3 Å². The molecule has 1 heterocycles. The number of halogens is 1. The smallest absolute Gasteiger partial charge is 0.231 e. The number of hydrogen-bond acceptors (Lipinski definition) is 4. The molecule has 0 spiro atoms. The summed E-state index contributed by atoms with van der Waals surface area (Å²) in [5.41, 5.74) is 13.6. The van der Waals surface area contributed by atoms with E-state index in [-0.39, 0.29) is 11.3 Å². The molecule has 1 aliphatic heterocycles. The Hall–Kier alpha value is -1.23. The SMILES string of the molecule is Cc1ccc(C2=C(CSCC(=O)Cl)C(C)NC(CC(C)C)=C2CN)cc1. The summed E-state index contributed by atoms with van der Waals surface area (Å²) < 4.78 is 0. The molecule has 0 fully saturated rings. The zero-order valence-corrected chi connectivity index (χ0v) is 17.6. The van der Waals surface area contributed by atoms with Crippen molar-refractivity contribution in [1.29, 1.82) is 0 Å². The van der Waals surface area contributed by atoms with Crippen LogP contribution in [0.15, 0.2) is 41.1 Å². The molecule has 1 aromatic rings. The molecule has 0 amide bonds. The predicted molar refractivity (Wildman–Crippen MR) is 114 cm³/mol. The third-order valence-electron chi connectivity index (χ3n) is 4.53. The summed E-state index contributed by atoms with van der Waals surface area (Å²) in [6, 6.07) is 8.82. The molecule has 1 unspecified atom stereocenters. The van der Waals surface area contributed by atoms with Crippen LogP contribution in [0.3, 0.4) is 0 Å². The third kappa shape index (κ3) is 5.38. The second-order valence-corrected chi connectivity index (χ2v) is 8.65. The van der Waals surface area contributed by atoms with Crippen LogP contribution in [0.1, 0.15) is 38.3 Å². The van der Waals surface area contributed by atoms with Crippen molar-refractivity contribution in [3.05, 3.63) is 52.2 Å². The number of nitrogens with two attached hydrogens (primary N) is 1. The van der Waals surface area contributed by atoms with Crippen LogP contribution in [0.2, 0.25) is 0 Å². The van der Waals surface area contributed by atoms with E-state index in [0.717, 1.165) is 12.2 Å². The molecule has 0 saturated heterocycles. The van der Waals surface area contributed by atoms with Gasteiger partial charge in [0.1, 0.15) is 0 Å². The number of nitrogens with one attached hydrogen (secondary N) is 1. The zero-order chi connectivity index (χ0) is 19.3. The van der Waals surface area contributed by atoms with Gasteiger partial charge in [-0.05, 0) is 60.1 Å². The lowest BCUT2D eigenvalue weighted by molar-refractivity contribution is -0.109. The van der Waals surface area contributed by atoms with Gasteiger partial charge in [0.25, 0.3) is 0 Å². The van der Waals surface area contributed by atoms with Gasteiger partial charge in [-0.1, -0.05) is 43.7 Å². The van der Waals surface area contributed by atoms with Crippen LogP contribution in [-0.2, 0) is 4.79 Å². The topological polar surface area (TPSA) is 55.1 Å². The number of allylic oxidation sites excluding steroid dienone is 1. The second kappa shape index (κ2) is 9.63. The fourth-order valence-corrected chi connectivity index (χ4v) is 4.44. The van der Waals surface area contributed by atoms with Crippen LogP contribution in [0, 0.1) is 12.8 Å². The van der Waals surface area contributed by atoms with E-state index >= 15 is 0 Å². The van der Waals surface area contributed by atoms with Gasteiger partial charge < -0.3 is 11.1 Å². The molecule has 0 radical (unpaired) electrons. The molecule has 0 aliphatic carbocycles. The number of rotatable bonds is 8. The monoisotopic (exact) mass is 392 g/mol. The van der Waals surface area contributed by atoms with Crippen LogP contribution in [-0.4, -0.2) is 29.3 Å². The Kier molecular flexibility index (Phi) is 7.81. The van der Waals surface area contributed by atoms with Gasteiger partial charge in [0.05, 0.1) is 5.75 Å². The quantitative estimate of drug-likeness (QED) is 0.639. The second-order valence-electron chi connectivity index (χ2n) is 7.24. The van der Waals surface area contributed by atoms with Gasteiger partial charge in [-0.3, -0.25) is 4.79 Å². The summed E-state index contributed by atoms with van der Waals surface area (Å²) in [4.78, 5) is 11.1. The highest BCUT2D eigenvalue weighted by Gasteiger charge is 2.26. The van der Waals surface area contributed by atoms with Gasteiger partial charge in [-0.25, -0.2) is 0 Å². The molecule has 3 nitrogen and oxygen atoms in total.